The van der Waals surface area contributed by atoms with Gasteiger partial charge in [-0.2, -0.15) is 0 Å². The number of hydrogen-bond donors (Lipinski definition) is 2. The second-order valence-corrected chi connectivity index (χ2v) is 6.80. The molecule has 1 aromatic heterocycles. The molecule has 20 heavy (non-hydrogen) atoms. The van der Waals surface area contributed by atoms with Crippen LogP contribution in [0.15, 0.2) is 21.6 Å². The highest BCUT2D eigenvalue weighted by Crippen LogP contribution is 2.22. The molecule has 0 saturated carbocycles. The van der Waals surface area contributed by atoms with E-state index in [4.69, 9.17) is 4.74 Å². The minimum absolute atomic E-state index is 0.123. The van der Waals surface area contributed by atoms with Crippen LogP contribution in [0.5, 0.6) is 0 Å². The Morgan fingerprint density at radius 1 is 1.45 bits per heavy atom. The minimum atomic E-state index is -3.63. The molecule has 0 amide bonds. The summed E-state index contributed by atoms with van der Waals surface area (Å²) < 4.78 is 33.1. The summed E-state index contributed by atoms with van der Waals surface area (Å²) in [4.78, 5) is 4.21. The van der Waals surface area contributed by atoms with Crippen molar-refractivity contribution >= 4 is 31.8 Å². The lowest BCUT2D eigenvalue weighted by Gasteiger charge is -2.15. The molecule has 0 saturated heterocycles. The molecule has 0 aromatic carbocycles. The molecule has 8 heteroatoms. The molecule has 0 aliphatic heterocycles. The van der Waals surface area contributed by atoms with Gasteiger partial charge in [-0.1, -0.05) is 0 Å². The smallest absolute Gasteiger partial charge is 0.244 e. The molecule has 0 spiro atoms. The van der Waals surface area contributed by atoms with Crippen molar-refractivity contribution in [3.63, 3.8) is 0 Å². The average Bonchev–Trinajstić information content (AvgIpc) is 2.39. The summed E-state index contributed by atoms with van der Waals surface area (Å²) in [6.07, 6.45) is 1.37. The Morgan fingerprint density at radius 3 is 2.75 bits per heavy atom. The third-order valence-corrected chi connectivity index (χ3v) is 4.34. The van der Waals surface area contributed by atoms with Gasteiger partial charge in [0, 0.05) is 30.4 Å². The van der Waals surface area contributed by atoms with Crippen LogP contribution in [0.1, 0.15) is 20.8 Å². The first-order valence-corrected chi connectivity index (χ1v) is 8.69. The van der Waals surface area contributed by atoms with Crippen molar-refractivity contribution in [2.45, 2.75) is 31.8 Å². The molecule has 1 unspecified atom stereocenters. The molecule has 2 N–H and O–H groups in total. The van der Waals surface area contributed by atoms with Gasteiger partial charge in [0.25, 0.3) is 0 Å². The Labute approximate surface area is 128 Å². The minimum Gasteiger partial charge on any atom is -0.377 e. The Kier molecular flexibility index (Phi) is 6.87. The van der Waals surface area contributed by atoms with Gasteiger partial charge in [0.1, 0.15) is 10.7 Å². The van der Waals surface area contributed by atoms with E-state index in [1.807, 2.05) is 20.8 Å². The fourth-order valence-electron chi connectivity index (χ4n) is 1.57. The van der Waals surface area contributed by atoms with Crippen LogP contribution < -0.4 is 10.0 Å². The van der Waals surface area contributed by atoms with E-state index in [1.54, 1.807) is 6.20 Å². The van der Waals surface area contributed by atoms with Crippen molar-refractivity contribution in [3.05, 3.63) is 16.7 Å². The molecule has 1 atom stereocenters. The number of nitrogens with zero attached hydrogens (tertiary/aromatic N) is 1. The largest absolute Gasteiger partial charge is 0.377 e. The van der Waals surface area contributed by atoms with Gasteiger partial charge in [-0.3, -0.25) is 0 Å². The van der Waals surface area contributed by atoms with E-state index in [-0.39, 0.29) is 17.5 Å². The van der Waals surface area contributed by atoms with Crippen LogP contribution in [0.2, 0.25) is 0 Å². The van der Waals surface area contributed by atoms with Crippen molar-refractivity contribution in [3.8, 4) is 0 Å². The number of ether oxygens (including phenoxy) is 1. The van der Waals surface area contributed by atoms with Gasteiger partial charge >= 0.3 is 0 Å². The Balaban J connectivity index is 2.93. The van der Waals surface area contributed by atoms with Crippen molar-refractivity contribution < 1.29 is 13.2 Å². The lowest BCUT2D eigenvalue weighted by atomic mass is 10.4. The maximum atomic E-state index is 12.3. The van der Waals surface area contributed by atoms with Crippen LogP contribution >= 0.6 is 15.9 Å². The molecule has 114 valence electrons. The van der Waals surface area contributed by atoms with Gasteiger partial charge in [0.05, 0.1) is 6.10 Å². The summed E-state index contributed by atoms with van der Waals surface area (Å²) in [5.74, 6) is 0.340. The maximum Gasteiger partial charge on any atom is 0.244 e. The highest BCUT2D eigenvalue weighted by Gasteiger charge is 2.20. The van der Waals surface area contributed by atoms with Crippen LogP contribution in [-0.2, 0) is 14.8 Å². The maximum absolute atomic E-state index is 12.3. The molecule has 6 nitrogen and oxygen atoms in total. The molecular weight excluding hydrogens is 346 g/mol. The molecule has 0 bridgehead atoms. The van der Waals surface area contributed by atoms with Gasteiger partial charge in [-0.15, -0.1) is 0 Å². The van der Waals surface area contributed by atoms with Gasteiger partial charge < -0.3 is 10.1 Å². The van der Waals surface area contributed by atoms with E-state index in [1.165, 1.54) is 6.07 Å². The van der Waals surface area contributed by atoms with Crippen LogP contribution in [0.25, 0.3) is 0 Å². The number of aromatic nitrogens is 1. The van der Waals surface area contributed by atoms with Crippen LogP contribution in [0.4, 0.5) is 5.82 Å². The molecular formula is C12H20BrN3O3S. The highest BCUT2D eigenvalue weighted by atomic mass is 79.9. The predicted molar refractivity (Wildman–Crippen MR) is 82.4 cm³/mol. The average molecular weight is 366 g/mol. The van der Waals surface area contributed by atoms with E-state index in [9.17, 15) is 8.42 Å². The monoisotopic (exact) mass is 365 g/mol. The number of pyridine rings is 1. The van der Waals surface area contributed by atoms with Gasteiger partial charge in [-0.05, 0) is 42.8 Å². The summed E-state index contributed by atoms with van der Waals surface area (Å²) in [5, 5.41) is 2.94. The summed E-state index contributed by atoms with van der Waals surface area (Å²) in [6, 6.07) is 1.53. The summed E-state index contributed by atoms with van der Waals surface area (Å²) >= 11 is 3.24. The van der Waals surface area contributed by atoms with Crippen molar-refractivity contribution in [1.29, 1.82) is 0 Å². The van der Waals surface area contributed by atoms with E-state index in [0.29, 0.717) is 23.4 Å². The second-order valence-electron chi connectivity index (χ2n) is 4.15. The third-order valence-electron chi connectivity index (χ3n) is 2.47. The topological polar surface area (TPSA) is 80.3 Å². The molecule has 1 heterocycles. The fourth-order valence-corrected chi connectivity index (χ4v) is 3.33. The molecule has 0 radical (unpaired) electrons. The number of anilines is 1. The molecule has 0 aliphatic rings. The van der Waals surface area contributed by atoms with Crippen molar-refractivity contribution in [2.24, 2.45) is 0 Å². The zero-order valence-electron chi connectivity index (χ0n) is 11.8. The summed E-state index contributed by atoms with van der Waals surface area (Å²) in [6.45, 7) is 6.92. The summed E-state index contributed by atoms with van der Waals surface area (Å²) in [5.41, 5.74) is 0. The summed E-state index contributed by atoms with van der Waals surface area (Å²) in [7, 11) is -3.63. The number of nitrogens with one attached hydrogen (secondary N) is 2. The number of hydrogen-bond acceptors (Lipinski definition) is 5. The van der Waals surface area contributed by atoms with Crippen molar-refractivity contribution in [1.82, 2.24) is 9.71 Å². The first-order chi connectivity index (χ1) is 9.40. The lowest BCUT2D eigenvalue weighted by molar-refractivity contribution is 0.0799. The Bertz CT molecular complexity index is 537. The van der Waals surface area contributed by atoms with Crippen LogP contribution in [0, 0.1) is 0 Å². The Morgan fingerprint density at radius 2 is 2.15 bits per heavy atom. The SMILES string of the molecule is CCNc1ncc(Br)cc1S(=O)(=O)NCC(C)OCC. The zero-order valence-corrected chi connectivity index (χ0v) is 14.2. The van der Waals surface area contributed by atoms with E-state index >= 15 is 0 Å². The first kappa shape index (κ1) is 17.4. The molecule has 1 aromatic rings. The van der Waals surface area contributed by atoms with E-state index in [0.717, 1.165) is 0 Å². The Hall–Kier alpha value is -0.700. The lowest BCUT2D eigenvalue weighted by Crippen LogP contribution is -2.32. The number of rotatable bonds is 8. The zero-order chi connectivity index (χ0) is 15.2. The normalized spacial score (nSPS) is 13.2. The third kappa shape index (κ3) is 5.01. The standard InChI is InChI=1S/C12H20BrN3O3S/c1-4-14-12-11(6-10(13)8-15-12)20(17,18)16-7-9(3)19-5-2/h6,8-9,16H,4-5,7H2,1-3H3,(H,14,15). The fraction of sp³-hybridized carbons (Fsp3) is 0.583. The first-order valence-electron chi connectivity index (χ1n) is 6.41. The van der Waals surface area contributed by atoms with E-state index in [2.05, 4.69) is 31.0 Å². The number of halogens is 1. The van der Waals surface area contributed by atoms with Gasteiger partial charge in [0.2, 0.25) is 10.0 Å². The molecule has 0 aliphatic carbocycles. The van der Waals surface area contributed by atoms with E-state index < -0.39 is 10.0 Å². The highest BCUT2D eigenvalue weighted by molar-refractivity contribution is 9.10. The van der Waals surface area contributed by atoms with Gasteiger partial charge in [0.15, 0.2) is 0 Å². The second kappa shape index (κ2) is 7.92. The quantitative estimate of drug-likeness (QED) is 0.736. The van der Waals surface area contributed by atoms with Crippen LogP contribution in [-0.4, -0.2) is 39.2 Å². The van der Waals surface area contributed by atoms with Crippen LogP contribution in [0.3, 0.4) is 0 Å². The molecule has 0 fully saturated rings. The molecule has 1 rings (SSSR count). The van der Waals surface area contributed by atoms with Gasteiger partial charge in [-0.25, -0.2) is 18.1 Å². The van der Waals surface area contributed by atoms with Crippen molar-refractivity contribution in [2.75, 3.05) is 25.0 Å². The number of sulfonamides is 1. The predicted octanol–water partition coefficient (Wildman–Crippen LogP) is 1.98.